The molecule has 0 aliphatic heterocycles. The van der Waals surface area contributed by atoms with Crippen molar-refractivity contribution in [1.82, 2.24) is 0 Å². The average Bonchev–Trinajstić information content (AvgIpc) is 2.58. The number of hydrogen-bond acceptors (Lipinski definition) is 3. The summed E-state index contributed by atoms with van der Waals surface area (Å²) in [6, 6.07) is -0.609. The van der Waals surface area contributed by atoms with Gasteiger partial charge in [-0.25, -0.2) is 0 Å². The largest absolute Gasteiger partial charge is 0.299 e. The molecule has 1 aliphatic carbocycles. The van der Waals surface area contributed by atoms with Gasteiger partial charge in [0.25, 0.3) is 0 Å². The molecule has 1 rings (SSSR count). The zero-order chi connectivity index (χ0) is 9.46. The van der Waals surface area contributed by atoms with Crippen LogP contribution in [0.3, 0.4) is 0 Å². The zero-order valence-electron chi connectivity index (χ0n) is 7.48. The van der Waals surface area contributed by atoms with Crippen LogP contribution in [-0.4, -0.2) is 16.7 Å². The highest BCUT2D eigenvalue weighted by Gasteiger charge is 2.63. The van der Waals surface area contributed by atoms with Crippen LogP contribution in [0, 0.1) is 27.9 Å². The van der Waals surface area contributed by atoms with Crippen LogP contribution in [0.4, 0.5) is 0 Å². The standard InChI is InChI=1S/C8H13NO3/c1-4(2)6-7(5(3)10)8(6)9(11)12/h4,6-8H,1-3H3. The van der Waals surface area contributed by atoms with Gasteiger partial charge in [-0.3, -0.25) is 14.9 Å². The Morgan fingerprint density at radius 2 is 2.00 bits per heavy atom. The Kier molecular flexibility index (Phi) is 2.17. The summed E-state index contributed by atoms with van der Waals surface area (Å²) in [4.78, 5) is 21.1. The first kappa shape index (κ1) is 9.16. The molecule has 0 heterocycles. The van der Waals surface area contributed by atoms with Crippen molar-refractivity contribution < 1.29 is 9.72 Å². The van der Waals surface area contributed by atoms with E-state index >= 15 is 0 Å². The van der Waals surface area contributed by atoms with Crippen LogP contribution < -0.4 is 0 Å². The van der Waals surface area contributed by atoms with Gasteiger partial charge in [-0.05, 0) is 12.8 Å². The zero-order valence-corrected chi connectivity index (χ0v) is 7.48. The number of nitrogens with zero attached hydrogens (tertiary/aromatic N) is 1. The Bertz CT molecular complexity index is 204. The predicted octanol–water partition coefficient (Wildman–Crippen LogP) is 1.12. The van der Waals surface area contributed by atoms with E-state index in [-0.39, 0.29) is 28.5 Å². The molecule has 0 amide bonds. The summed E-state index contributed by atoms with van der Waals surface area (Å²) in [6.07, 6.45) is 0. The predicted molar refractivity (Wildman–Crippen MR) is 43.3 cm³/mol. The number of ketones is 1. The molecule has 4 heteroatoms. The van der Waals surface area contributed by atoms with Crippen LogP contribution in [0.15, 0.2) is 0 Å². The average molecular weight is 171 g/mol. The fraction of sp³-hybridized carbons (Fsp3) is 0.875. The molecule has 1 saturated carbocycles. The first-order valence-electron chi connectivity index (χ1n) is 4.10. The molecule has 0 bridgehead atoms. The molecule has 0 aromatic heterocycles. The number of carbonyl (C=O) groups is 1. The summed E-state index contributed by atoms with van der Waals surface area (Å²) in [6.45, 7) is 5.28. The third-order valence-electron chi connectivity index (χ3n) is 2.52. The lowest BCUT2D eigenvalue weighted by atomic mass is 10.1. The molecule has 0 spiro atoms. The van der Waals surface area contributed by atoms with Gasteiger partial charge in [0.05, 0.1) is 5.92 Å². The molecule has 68 valence electrons. The molecular weight excluding hydrogens is 158 g/mol. The van der Waals surface area contributed by atoms with Crippen LogP contribution in [0.1, 0.15) is 20.8 Å². The fourth-order valence-electron chi connectivity index (χ4n) is 1.91. The smallest absolute Gasteiger partial charge is 0.227 e. The summed E-state index contributed by atoms with van der Waals surface area (Å²) in [5, 5.41) is 10.4. The van der Waals surface area contributed by atoms with Gasteiger partial charge in [-0.1, -0.05) is 13.8 Å². The molecule has 0 saturated heterocycles. The molecule has 0 aromatic carbocycles. The van der Waals surface area contributed by atoms with E-state index in [0.717, 1.165) is 0 Å². The minimum Gasteiger partial charge on any atom is -0.299 e. The molecule has 1 aliphatic rings. The van der Waals surface area contributed by atoms with E-state index in [1.54, 1.807) is 0 Å². The number of rotatable bonds is 3. The Morgan fingerprint density at radius 1 is 1.50 bits per heavy atom. The maximum Gasteiger partial charge on any atom is 0.227 e. The van der Waals surface area contributed by atoms with E-state index in [2.05, 4.69) is 0 Å². The fourth-order valence-corrected chi connectivity index (χ4v) is 1.91. The Labute approximate surface area is 71.1 Å². The summed E-state index contributed by atoms with van der Waals surface area (Å²) < 4.78 is 0. The SMILES string of the molecule is CC(=O)C1C(C(C)C)C1[N+](=O)[O-]. The van der Waals surface area contributed by atoms with Gasteiger partial charge < -0.3 is 0 Å². The van der Waals surface area contributed by atoms with Crippen molar-refractivity contribution in [3.8, 4) is 0 Å². The first-order valence-corrected chi connectivity index (χ1v) is 4.10. The van der Waals surface area contributed by atoms with Gasteiger partial charge in [0, 0.05) is 10.8 Å². The third-order valence-corrected chi connectivity index (χ3v) is 2.52. The summed E-state index contributed by atoms with van der Waals surface area (Å²) >= 11 is 0. The van der Waals surface area contributed by atoms with Crippen LogP contribution in [0.2, 0.25) is 0 Å². The quantitative estimate of drug-likeness (QED) is 0.472. The normalized spacial score (nSPS) is 33.5. The van der Waals surface area contributed by atoms with Gasteiger partial charge in [-0.2, -0.15) is 0 Å². The minimum absolute atomic E-state index is 0.0301. The van der Waals surface area contributed by atoms with Gasteiger partial charge >= 0.3 is 0 Å². The molecule has 12 heavy (non-hydrogen) atoms. The lowest BCUT2D eigenvalue weighted by molar-refractivity contribution is -0.501. The molecule has 0 radical (unpaired) electrons. The van der Waals surface area contributed by atoms with Crippen LogP contribution >= 0.6 is 0 Å². The van der Waals surface area contributed by atoms with E-state index in [9.17, 15) is 14.9 Å². The van der Waals surface area contributed by atoms with E-state index < -0.39 is 6.04 Å². The lowest BCUT2D eigenvalue weighted by Gasteiger charge is -1.96. The number of carbonyl (C=O) groups excluding carboxylic acids is 1. The minimum atomic E-state index is -0.609. The Balaban J connectivity index is 2.67. The summed E-state index contributed by atoms with van der Waals surface area (Å²) in [5.41, 5.74) is 0. The van der Waals surface area contributed by atoms with Crippen molar-refractivity contribution in [1.29, 1.82) is 0 Å². The van der Waals surface area contributed by atoms with Crippen LogP contribution in [0.25, 0.3) is 0 Å². The van der Waals surface area contributed by atoms with Gasteiger partial charge in [0.2, 0.25) is 6.04 Å². The number of nitro groups is 1. The molecule has 4 nitrogen and oxygen atoms in total. The van der Waals surface area contributed by atoms with E-state index in [1.165, 1.54) is 6.92 Å². The maximum absolute atomic E-state index is 10.9. The monoisotopic (exact) mass is 171 g/mol. The van der Waals surface area contributed by atoms with Crippen molar-refractivity contribution in [3.63, 3.8) is 0 Å². The molecule has 1 fully saturated rings. The van der Waals surface area contributed by atoms with Gasteiger partial charge in [0.1, 0.15) is 5.78 Å². The first-order chi connectivity index (χ1) is 5.46. The molecule has 3 atom stereocenters. The Morgan fingerprint density at radius 3 is 2.08 bits per heavy atom. The van der Waals surface area contributed by atoms with E-state index in [4.69, 9.17) is 0 Å². The summed E-state index contributed by atoms with van der Waals surface area (Å²) in [7, 11) is 0. The maximum atomic E-state index is 10.9. The topological polar surface area (TPSA) is 60.2 Å². The molecule has 0 aromatic rings. The lowest BCUT2D eigenvalue weighted by Crippen LogP contribution is -2.08. The molecule has 3 unspecified atom stereocenters. The van der Waals surface area contributed by atoms with Gasteiger partial charge in [-0.15, -0.1) is 0 Å². The van der Waals surface area contributed by atoms with Crippen molar-refractivity contribution in [3.05, 3.63) is 10.1 Å². The highest BCUT2D eigenvalue weighted by Crippen LogP contribution is 2.46. The highest BCUT2D eigenvalue weighted by atomic mass is 16.6. The Hall–Kier alpha value is -0.930. The second-order valence-corrected chi connectivity index (χ2v) is 3.73. The molecule has 0 N–H and O–H groups in total. The van der Waals surface area contributed by atoms with Crippen molar-refractivity contribution in [2.24, 2.45) is 17.8 Å². The van der Waals surface area contributed by atoms with Crippen molar-refractivity contribution in [2.45, 2.75) is 26.8 Å². The second-order valence-electron chi connectivity index (χ2n) is 3.73. The highest BCUT2D eigenvalue weighted by molar-refractivity contribution is 5.82. The van der Waals surface area contributed by atoms with Crippen LogP contribution in [0.5, 0.6) is 0 Å². The van der Waals surface area contributed by atoms with E-state index in [0.29, 0.717) is 0 Å². The van der Waals surface area contributed by atoms with Crippen molar-refractivity contribution in [2.75, 3.05) is 0 Å². The summed E-state index contributed by atoms with van der Waals surface area (Å²) in [5.74, 6) is -0.165. The van der Waals surface area contributed by atoms with E-state index in [1.807, 2.05) is 13.8 Å². The number of hydrogen-bond donors (Lipinski definition) is 0. The third kappa shape index (κ3) is 1.33. The van der Waals surface area contributed by atoms with Crippen LogP contribution in [-0.2, 0) is 4.79 Å². The van der Waals surface area contributed by atoms with Gasteiger partial charge in [0.15, 0.2) is 0 Å². The second kappa shape index (κ2) is 2.84. The molecular formula is C8H13NO3. The van der Waals surface area contributed by atoms with Crippen molar-refractivity contribution >= 4 is 5.78 Å². The number of Topliss-reactive ketones (excluding diaryl/α,β-unsaturated/α-hetero) is 1.